The van der Waals surface area contributed by atoms with Crippen molar-refractivity contribution in [3.63, 3.8) is 0 Å². The molecule has 0 saturated heterocycles. The fourth-order valence-electron chi connectivity index (χ4n) is 3.40. The molecule has 142 valence electrons. The van der Waals surface area contributed by atoms with Gasteiger partial charge in [-0.1, -0.05) is 0 Å². The van der Waals surface area contributed by atoms with E-state index in [0.29, 0.717) is 41.2 Å². The summed E-state index contributed by atoms with van der Waals surface area (Å²) in [6.45, 7) is 0.532. The molecule has 7 heteroatoms. The van der Waals surface area contributed by atoms with E-state index in [9.17, 15) is 14.7 Å². The van der Waals surface area contributed by atoms with Crippen molar-refractivity contribution >= 4 is 28.5 Å². The fourth-order valence-corrected chi connectivity index (χ4v) is 3.40. The van der Waals surface area contributed by atoms with E-state index in [-0.39, 0.29) is 11.1 Å². The van der Waals surface area contributed by atoms with Crippen LogP contribution in [0.3, 0.4) is 0 Å². The largest absolute Gasteiger partial charge is 0.497 e. The molecule has 1 aliphatic rings. The number of aromatic carboxylic acids is 1. The molecule has 1 aromatic heterocycles. The van der Waals surface area contributed by atoms with Gasteiger partial charge in [-0.3, -0.25) is 9.36 Å². The van der Waals surface area contributed by atoms with Crippen molar-refractivity contribution in [2.45, 2.75) is 13.0 Å². The molecule has 0 unspecified atom stereocenters. The number of hydrogen-bond donors (Lipinski definition) is 1. The molecule has 7 nitrogen and oxygen atoms in total. The Morgan fingerprint density at radius 2 is 1.86 bits per heavy atom. The number of aromatic nitrogens is 2. The normalized spacial score (nSPS) is 14.3. The number of fused-ring (bicyclic) bond motifs is 2. The SMILES string of the molecule is COc1cc(/C=C2\CCn3c2nc2cc(C(=O)O)ccc2c3=O)cc(OC)c1. The Hall–Kier alpha value is -3.61. The molecule has 0 fully saturated rings. The van der Waals surface area contributed by atoms with Crippen LogP contribution >= 0.6 is 0 Å². The number of rotatable bonds is 4. The average Bonchev–Trinajstić information content (AvgIpc) is 3.10. The number of hydrogen-bond acceptors (Lipinski definition) is 5. The minimum atomic E-state index is -1.05. The zero-order chi connectivity index (χ0) is 19.8. The first-order valence-electron chi connectivity index (χ1n) is 8.72. The third kappa shape index (κ3) is 3.00. The smallest absolute Gasteiger partial charge is 0.335 e. The molecule has 1 N–H and O–H groups in total. The molecule has 1 aliphatic heterocycles. The Balaban J connectivity index is 1.86. The minimum Gasteiger partial charge on any atom is -0.497 e. The monoisotopic (exact) mass is 378 g/mol. The van der Waals surface area contributed by atoms with E-state index < -0.39 is 5.97 Å². The number of ether oxygens (including phenoxy) is 2. The lowest BCUT2D eigenvalue weighted by Crippen LogP contribution is -2.21. The number of nitrogens with zero attached hydrogens (tertiary/aromatic N) is 2. The molecule has 0 bridgehead atoms. The first-order chi connectivity index (χ1) is 13.5. The summed E-state index contributed by atoms with van der Waals surface area (Å²) in [5, 5.41) is 9.62. The molecular formula is C21H18N2O5. The molecule has 0 radical (unpaired) electrons. The highest BCUT2D eigenvalue weighted by Gasteiger charge is 2.21. The van der Waals surface area contributed by atoms with Crippen molar-refractivity contribution in [2.24, 2.45) is 0 Å². The second-order valence-electron chi connectivity index (χ2n) is 6.49. The van der Waals surface area contributed by atoms with Gasteiger partial charge in [0.1, 0.15) is 17.3 Å². The van der Waals surface area contributed by atoms with Gasteiger partial charge in [0.2, 0.25) is 0 Å². The Morgan fingerprint density at radius 1 is 1.14 bits per heavy atom. The van der Waals surface area contributed by atoms with Crippen LogP contribution in [0, 0.1) is 0 Å². The predicted molar refractivity (Wildman–Crippen MR) is 105 cm³/mol. The van der Waals surface area contributed by atoms with Gasteiger partial charge in [0.25, 0.3) is 5.56 Å². The summed E-state index contributed by atoms with van der Waals surface area (Å²) in [5.74, 6) is 0.837. The van der Waals surface area contributed by atoms with Gasteiger partial charge in [-0.25, -0.2) is 9.78 Å². The first kappa shape index (κ1) is 17.8. The predicted octanol–water partition coefficient (Wildman–Crippen LogP) is 3.06. The Kier molecular flexibility index (Phi) is 4.35. The first-order valence-corrected chi connectivity index (χ1v) is 8.72. The Labute approximate surface area is 160 Å². The van der Waals surface area contributed by atoms with Crippen LogP contribution in [-0.2, 0) is 6.54 Å². The highest BCUT2D eigenvalue weighted by Crippen LogP contribution is 2.30. The highest BCUT2D eigenvalue weighted by atomic mass is 16.5. The molecule has 0 spiro atoms. The Morgan fingerprint density at radius 3 is 2.50 bits per heavy atom. The van der Waals surface area contributed by atoms with E-state index >= 15 is 0 Å². The number of carboxylic acids is 1. The summed E-state index contributed by atoms with van der Waals surface area (Å²) < 4.78 is 12.2. The molecule has 2 heterocycles. The van der Waals surface area contributed by atoms with E-state index in [1.54, 1.807) is 24.9 Å². The summed E-state index contributed by atoms with van der Waals surface area (Å²) in [6, 6.07) is 9.92. The molecular weight excluding hydrogens is 360 g/mol. The van der Waals surface area contributed by atoms with Crippen molar-refractivity contribution in [1.29, 1.82) is 0 Å². The third-order valence-electron chi connectivity index (χ3n) is 4.81. The van der Waals surface area contributed by atoms with Crippen molar-refractivity contribution in [1.82, 2.24) is 9.55 Å². The zero-order valence-corrected chi connectivity index (χ0v) is 15.4. The van der Waals surface area contributed by atoms with Crippen LogP contribution in [0.4, 0.5) is 0 Å². The molecule has 4 rings (SSSR count). The molecule has 2 aromatic carbocycles. The van der Waals surface area contributed by atoms with Gasteiger partial charge >= 0.3 is 5.97 Å². The standard InChI is InChI=1S/C21H18N2O5/c1-27-15-8-12(9-16(11-15)28-2)7-13-5-6-23-19(13)22-18-10-14(21(25)26)3-4-17(18)20(23)24/h3-4,7-11H,5-6H2,1-2H3,(H,25,26)/b13-7+. The van der Waals surface area contributed by atoms with Crippen molar-refractivity contribution in [2.75, 3.05) is 14.2 Å². The van der Waals surface area contributed by atoms with Crippen molar-refractivity contribution in [3.8, 4) is 11.5 Å². The quantitative estimate of drug-likeness (QED) is 0.750. The molecule has 0 saturated carbocycles. The van der Waals surface area contributed by atoms with Crippen LogP contribution in [0.25, 0.3) is 22.6 Å². The molecule has 0 atom stereocenters. The molecule has 28 heavy (non-hydrogen) atoms. The summed E-state index contributed by atoms with van der Waals surface area (Å²) >= 11 is 0. The second kappa shape index (κ2) is 6.84. The lowest BCUT2D eigenvalue weighted by atomic mass is 10.1. The highest BCUT2D eigenvalue weighted by molar-refractivity contribution is 5.93. The fraction of sp³-hybridized carbons (Fsp3) is 0.190. The van der Waals surface area contributed by atoms with Gasteiger partial charge in [0.15, 0.2) is 0 Å². The maximum atomic E-state index is 12.8. The number of methoxy groups -OCH3 is 2. The number of carbonyl (C=O) groups is 1. The topological polar surface area (TPSA) is 90.7 Å². The Bertz CT molecular complexity index is 1170. The second-order valence-corrected chi connectivity index (χ2v) is 6.49. The minimum absolute atomic E-state index is 0.102. The zero-order valence-electron chi connectivity index (χ0n) is 15.4. The van der Waals surface area contributed by atoms with Crippen molar-refractivity contribution in [3.05, 3.63) is 63.7 Å². The van der Waals surface area contributed by atoms with E-state index in [4.69, 9.17) is 9.47 Å². The van der Waals surface area contributed by atoms with Crippen LogP contribution < -0.4 is 15.0 Å². The lowest BCUT2D eigenvalue weighted by molar-refractivity contribution is 0.0697. The van der Waals surface area contributed by atoms with E-state index in [0.717, 1.165) is 11.1 Å². The molecule has 0 amide bonds. The number of benzene rings is 2. The lowest BCUT2D eigenvalue weighted by Gasteiger charge is -2.08. The van der Waals surface area contributed by atoms with E-state index in [1.807, 2.05) is 18.2 Å². The van der Waals surface area contributed by atoms with Crippen LogP contribution in [-0.4, -0.2) is 34.8 Å². The average molecular weight is 378 g/mol. The van der Waals surface area contributed by atoms with Gasteiger partial charge < -0.3 is 14.6 Å². The molecule has 3 aromatic rings. The maximum absolute atomic E-state index is 12.8. The summed E-state index contributed by atoms with van der Waals surface area (Å²) in [6.07, 6.45) is 2.60. The summed E-state index contributed by atoms with van der Waals surface area (Å²) in [4.78, 5) is 28.6. The number of carboxylic acid groups (broad SMARTS) is 1. The van der Waals surface area contributed by atoms with E-state index in [2.05, 4.69) is 4.98 Å². The summed E-state index contributed by atoms with van der Waals surface area (Å²) in [5.41, 5.74) is 2.09. The van der Waals surface area contributed by atoms with E-state index in [1.165, 1.54) is 18.2 Å². The van der Waals surface area contributed by atoms with Gasteiger partial charge in [-0.05, 0) is 54.0 Å². The van der Waals surface area contributed by atoms with Crippen LogP contribution in [0.1, 0.15) is 28.2 Å². The van der Waals surface area contributed by atoms with Gasteiger partial charge in [0.05, 0.1) is 30.7 Å². The third-order valence-corrected chi connectivity index (χ3v) is 4.81. The summed E-state index contributed by atoms with van der Waals surface area (Å²) in [7, 11) is 3.17. The van der Waals surface area contributed by atoms with Gasteiger partial charge in [-0.2, -0.15) is 0 Å². The van der Waals surface area contributed by atoms with Crippen LogP contribution in [0.5, 0.6) is 11.5 Å². The van der Waals surface area contributed by atoms with Crippen LogP contribution in [0.15, 0.2) is 41.2 Å². The van der Waals surface area contributed by atoms with Gasteiger partial charge in [-0.15, -0.1) is 0 Å². The maximum Gasteiger partial charge on any atom is 0.335 e. The molecule has 0 aliphatic carbocycles. The van der Waals surface area contributed by atoms with Gasteiger partial charge in [0, 0.05) is 12.6 Å². The number of allylic oxidation sites excluding steroid dienone is 1. The van der Waals surface area contributed by atoms with Crippen LogP contribution in [0.2, 0.25) is 0 Å². The van der Waals surface area contributed by atoms with Crippen molar-refractivity contribution < 1.29 is 19.4 Å².